The van der Waals surface area contributed by atoms with Gasteiger partial charge in [0, 0.05) is 25.9 Å². The van der Waals surface area contributed by atoms with Gasteiger partial charge in [-0.3, -0.25) is 9.48 Å². The van der Waals surface area contributed by atoms with Gasteiger partial charge in [-0.2, -0.15) is 5.10 Å². The minimum absolute atomic E-state index is 0.00941. The predicted molar refractivity (Wildman–Crippen MR) is 86.7 cm³/mol. The van der Waals surface area contributed by atoms with Gasteiger partial charge in [-0.05, 0) is 44.6 Å². The van der Waals surface area contributed by atoms with E-state index in [-0.39, 0.29) is 17.9 Å². The van der Waals surface area contributed by atoms with Crippen molar-refractivity contribution in [2.45, 2.75) is 53.1 Å². The lowest BCUT2D eigenvalue weighted by molar-refractivity contribution is -0.137. The minimum atomic E-state index is -0.00941. The number of carbonyl (C=O) groups is 1. The van der Waals surface area contributed by atoms with Crippen molar-refractivity contribution in [2.24, 2.45) is 18.9 Å². The average Bonchev–Trinajstić information content (AvgIpc) is 2.73. The molecule has 124 valence electrons. The Kier molecular flexibility index (Phi) is 5.62. The van der Waals surface area contributed by atoms with E-state index in [1.165, 1.54) is 11.3 Å². The first-order chi connectivity index (χ1) is 10.4. The molecule has 0 bridgehead atoms. The molecule has 5 heteroatoms. The number of nitrogens with one attached hydrogen (secondary N) is 1. The second-order valence-corrected chi connectivity index (χ2v) is 6.64. The Morgan fingerprint density at radius 1 is 1.45 bits per heavy atom. The van der Waals surface area contributed by atoms with Crippen molar-refractivity contribution in [2.75, 3.05) is 13.2 Å². The number of hydrogen-bond acceptors (Lipinski definition) is 3. The van der Waals surface area contributed by atoms with Gasteiger partial charge in [-0.1, -0.05) is 13.8 Å². The third-order valence-corrected chi connectivity index (χ3v) is 4.69. The summed E-state index contributed by atoms with van der Waals surface area (Å²) in [6.45, 7) is 9.78. The standard InChI is InChI=1S/C17H29N3O2/c1-11(2)16-15(7-6-10-22-16)17(21)18-9-8-14-12(3)19-20(5)13(14)4/h11,15-16H,6-10H2,1-5H3,(H,18,21)/t15-,16+/m0/s1. The topological polar surface area (TPSA) is 56.2 Å². The normalized spacial score (nSPS) is 22.1. The van der Waals surface area contributed by atoms with Gasteiger partial charge in [0.1, 0.15) is 0 Å². The van der Waals surface area contributed by atoms with Crippen LogP contribution >= 0.6 is 0 Å². The molecule has 0 spiro atoms. The van der Waals surface area contributed by atoms with E-state index in [4.69, 9.17) is 4.74 Å². The highest BCUT2D eigenvalue weighted by atomic mass is 16.5. The molecule has 1 amide bonds. The van der Waals surface area contributed by atoms with Crippen molar-refractivity contribution in [3.63, 3.8) is 0 Å². The monoisotopic (exact) mass is 307 g/mol. The van der Waals surface area contributed by atoms with Crippen LogP contribution in [0.25, 0.3) is 0 Å². The molecular weight excluding hydrogens is 278 g/mol. The SMILES string of the molecule is Cc1nn(C)c(C)c1CCNC(=O)[C@H]1CCCO[C@@H]1C(C)C. The number of carbonyl (C=O) groups excluding carboxylic acids is 1. The Labute approximate surface area is 133 Å². The van der Waals surface area contributed by atoms with Gasteiger partial charge in [0.05, 0.1) is 17.7 Å². The second kappa shape index (κ2) is 7.27. The van der Waals surface area contributed by atoms with E-state index >= 15 is 0 Å². The van der Waals surface area contributed by atoms with E-state index in [1.54, 1.807) is 0 Å². The molecule has 0 radical (unpaired) electrons. The molecule has 1 aromatic heterocycles. The van der Waals surface area contributed by atoms with Gasteiger partial charge in [-0.25, -0.2) is 0 Å². The molecule has 0 unspecified atom stereocenters. The van der Waals surface area contributed by atoms with Gasteiger partial charge in [-0.15, -0.1) is 0 Å². The van der Waals surface area contributed by atoms with E-state index in [0.717, 1.165) is 31.6 Å². The molecular formula is C17H29N3O2. The fraction of sp³-hybridized carbons (Fsp3) is 0.765. The lowest BCUT2D eigenvalue weighted by Gasteiger charge is -2.33. The fourth-order valence-corrected chi connectivity index (χ4v) is 3.36. The molecule has 1 aliphatic rings. The first-order valence-corrected chi connectivity index (χ1v) is 8.30. The van der Waals surface area contributed by atoms with Crippen LogP contribution in [0.15, 0.2) is 0 Å². The summed E-state index contributed by atoms with van der Waals surface area (Å²) >= 11 is 0. The van der Waals surface area contributed by atoms with Crippen LogP contribution in [-0.2, 0) is 23.0 Å². The zero-order chi connectivity index (χ0) is 16.3. The fourth-order valence-electron chi connectivity index (χ4n) is 3.36. The van der Waals surface area contributed by atoms with Gasteiger partial charge < -0.3 is 10.1 Å². The van der Waals surface area contributed by atoms with Crippen molar-refractivity contribution in [1.82, 2.24) is 15.1 Å². The van der Waals surface area contributed by atoms with Crippen LogP contribution in [0.4, 0.5) is 0 Å². The summed E-state index contributed by atoms with van der Waals surface area (Å²) < 4.78 is 7.70. The quantitative estimate of drug-likeness (QED) is 0.907. The Morgan fingerprint density at radius 2 is 2.18 bits per heavy atom. The summed E-state index contributed by atoms with van der Waals surface area (Å²) in [6.07, 6.45) is 2.79. The summed E-state index contributed by atoms with van der Waals surface area (Å²) in [4.78, 5) is 12.5. The third kappa shape index (κ3) is 3.69. The molecule has 0 aromatic carbocycles. The van der Waals surface area contributed by atoms with Crippen LogP contribution < -0.4 is 5.32 Å². The van der Waals surface area contributed by atoms with Gasteiger partial charge in [0.15, 0.2) is 0 Å². The van der Waals surface area contributed by atoms with E-state index in [1.807, 2.05) is 18.7 Å². The summed E-state index contributed by atoms with van der Waals surface area (Å²) in [5.41, 5.74) is 3.46. The molecule has 0 saturated carbocycles. The number of hydrogen-bond donors (Lipinski definition) is 1. The smallest absolute Gasteiger partial charge is 0.225 e. The lowest BCUT2D eigenvalue weighted by atomic mass is 9.87. The maximum Gasteiger partial charge on any atom is 0.225 e. The van der Waals surface area contributed by atoms with Crippen LogP contribution in [0, 0.1) is 25.7 Å². The van der Waals surface area contributed by atoms with E-state index < -0.39 is 0 Å². The van der Waals surface area contributed by atoms with Crippen molar-refractivity contribution in [1.29, 1.82) is 0 Å². The van der Waals surface area contributed by atoms with E-state index in [9.17, 15) is 4.79 Å². The summed E-state index contributed by atoms with van der Waals surface area (Å²) in [6, 6.07) is 0. The zero-order valence-electron chi connectivity index (χ0n) is 14.5. The first kappa shape index (κ1) is 17.0. The number of aryl methyl sites for hydroxylation is 2. The van der Waals surface area contributed by atoms with Crippen molar-refractivity contribution in [3.8, 4) is 0 Å². The maximum atomic E-state index is 12.5. The van der Waals surface area contributed by atoms with Gasteiger partial charge in [0.2, 0.25) is 5.91 Å². The molecule has 2 rings (SSSR count). The molecule has 22 heavy (non-hydrogen) atoms. The van der Waals surface area contributed by atoms with Gasteiger partial charge >= 0.3 is 0 Å². The Balaban J connectivity index is 1.89. The molecule has 1 saturated heterocycles. The number of rotatable bonds is 5. The highest BCUT2D eigenvalue weighted by Crippen LogP contribution is 2.26. The highest BCUT2D eigenvalue weighted by Gasteiger charge is 2.33. The lowest BCUT2D eigenvalue weighted by Crippen LogP contribution is -2.44. The number of ether oxygens (including phenoxy) is 1. The molecule has 2 atom stereocenters. The first-order valence-electron chi connectivity index (χ1n) is 8.30. The van der Waals surface area contributed by atoms with E-state index in [0.29, 0.717) is 12.5 Å². The maximum absolute atomic E-state index is 12.5. The second-order valence-electron chi connectivity index (χ2n) is 6.64. The highest BCUT2D eigenvalue weighted by molar-refractivity contribution is 5.79. The van der Waals surface area contributed by atoms with E-state index in [2.05, 4.69) is 31.2 Å². The van der Waals surface area contributed by atoms with Crippen LogP contribution in [0.1, 0.15) is 43.6 Å². The molecule has 0 aliphatic carbocycles. The van der Waals surface area contributed by atoms with Crippen LogP contribution in [0.2, 0.25) is 0 Å². The Bertz CT molecular complexity index is 522. The van der Waals surface area contributed by atoms with Crippen LogP contribution in [0.5, 0.6) is 0 Å². The molecule has 5 nitrogen and oxygen atoms in total. The molecule has 1 fully saturated rings. The van der Waals surface area contributed by atoms with Crippen molar-refractivity contribution >= 4 is 5.91 Å². The van der Waals surface area contributed by atoms with Crippen LogP contribution in [0.3, 0.4) is 0 Å². The predicted octanol–water partition coefficient (Wildman–Crippen LogP) is 2.15. The van der Waals surface area contributed by atoms with Crippen molar-refractivity contribution in [3.05, 3.63) is 17.0 Å². The summed E-state index contributed by atoms with van der Waals surface area (Å²) in [5, 5.41) is 7.51. The number of nitrogens with zero attached hydrogens (tertiary/aromatic N) is 2. The summed E-state index contributed by atoms with van der Waals surface area (Å²) in [7, 11) is 1.96. The van der Waals surface area contributed by atoms with Gasteiger partial charge in [0.25, 0.3) is 0 Å². The Hall–Kier alpha value is -1.36. The average molecular weight is 307 g/mol. The largest absolute Gasteiger partial charge is 0.377 e. The molecule has 1 aromatic rings. The number of aromatic nitrogens is 2. The Morgan fingerprint density at radius 3 is 2.77 bits per heavy atom. The zero-order valence-corrected chi connectivity index (χ0v) is 14.5. The van der Waals surface area contributed by atoms with Crippen molar-refractivity contribution < 1.29 is 9.53 Å². The minimum Gasteiger partial charge on any atom is -0.377 e. The molecule has 1 aliphatic heterocycles. The third-order valence-electron chi connectivity index (χ3n) is 4.69. The van der Waals surface area contributed by atoms with Crippen LogP contribution in [-0.4, -0.2) is 34.9 Å². The summed E-state index contributed by atoms with van der Waals surface area (Å²) in [5.74, 6) is 0.501. The molecule has 1 N–H and O–H groups in total. The number of amides is 1. The molecule has 2 heterocycles.